The molecule has 9 aromatic carbocycles. The van der Waals surface area contributed by atoms with Crippen molar-refractivity contribution in [3.63, 3.8) is 0 Å². The summed E-state index contributed by atoms with van der Waals surface area (Å²) in [6, 6.07) is 70.7. The van der Waals surface area contributed by atoms with E-state index in [9.17, 15) is 0 Å². The van der Waals surface area contributed by atoms with E-state index in [1.807, 2.05) is 0 Å². The van der Waals surface area contributed by atoms with Gasteiger partial charge in [-0.25, -0.2) is 0 Å². The summed E-state index contributed by atoms with van der Waals surface area (Å²) < 4.78 is 0. The van der Waals surface area contributed by atoms with E-state index in [-0.39, 0.29) is 0 Å². The molecule has 9 rings (SSSR count). The normalized spacial score (nSPS) is 11.3. The van der Waals surface area contributed by atoms with Crippen LogP contribution in [0.1, 0.15) is 0 Å². The maximum absolute atomic E-state index is 2.38. The summed E-state index contributed by atoms with van der Waals surface area (Å²) in [5, 5.41) is 7.56. The molecule has 0 fully saturated rings. The molecule has 48 heavy (non-hydrogen) atoms. The SMILES string of the molecule is c1ccc(-c2ccccc2-c2ccccc2-c2ccc3ccc(-c4c5ccccc5c(-c5ccccc5)c5ccccc45)cc3c2)cc1. The highest BCUT2D eigenvalue weighted by Gasteiger charge is 2.17. The molecule has 0 saturated heterocycles. The van der Waals surface area contributed by atoms with E-state index < -0.39 is 0 Å². The summed E-state index contributed by atoms with van der Waals surface area (Å²) in [5.74, 6) is 0. The fourth-order valence-corrected chi connectivity index (χ4v) is 7.48. The lowest BCUT2D eigenvalue weighted by molar-refractivity contribution is 1.57. The lowest BCUT2D eigenvalue weighted by atomic mass is 9.85. The van der Waals surface area contributed by atoms with Crippen LogP contribution in [0, 0.1) is 0 Å². The maximum Gasteiger partial charge on any atom is -0.00262 e. The molecule has 0 aliphatic heterocycles. The van der Waals surface area contributed by atoms with E-state index in [0.717, 1.165) is 0 Å². The van der Waals surface area contributed by atoms with Crippen molar-refractivity contribution < 1.29 is 0 Å². The molecule has 0 aromatic heterocycles. The van der Waals surface area contributed by atoms with Gasteiger partial charge in [-0.1, -0.05) is 182 Å². The summed E-state index contributed by atoms with van der Waals surface area (Å²) in [6.45, 7) is 0. The van der Waals surface area contributed by atoms with Gasteiger partial charge in [0.05, 0.1) is 0 Å². The van der Waals surface area contributed by atoms with E-state index in [1.54, 1.807) is 0 Å². The van der Waals surface area contributed by atoms with Gasteiger partial charge in [-0.05, 0) is 100 Å². The Hall–Kier alpha value is -6.24. The molecular formula is C48H32. The first kappa shape index (κ1) is 28.0. The minimum Gasteiger partial charge on any atom is -0.0622 e. The summed E-state index contributed by atoms with van der Waals surface area (Å²) in [7, 11) is 0. The molecule has 0 heterocycles. The minimum atomic E-state index is 1.22. The van der Waals surface area contributed by atoms with Crippen LogP contribution in [0.25, 0.3) is 88.0 Å². The predicted octanol–water partition coefficient (Wildman–Crippen LogP) is 13.5. The molecule has 0 N–H and O–H groups in total. The topological polar surface area (TPSA) is 0 Å². The van der Waals surface area contributed by atoms with Crippen LogP contribution in [-0.2, 0) is 0 Å². The second kappa shape index (κ2) is 11.8. The van der Waals surface area contributed by atoms with Gasteiger partial charge in [-0.3, -0.25) is 0 Å². The number of hydrogen-bond donors (Lipinski definition) is 0. The average Bonchev–Trinajstić information content (AvgIpc) is 3.17. The van der Waals surface area contributed by atoms with E-state index in [0.29, 0.717) is 0 Å². The van der Waals surface area contributed by atoms with Gasteiger partial charge in [0.25, 0.3) is 0 Å². The second-order valence-electron chi connectivity index (χ2n) is 12.4. The smallest absolute Gasteiger partial charge is 0.00262 e. The first-order valence-corrected chi connectivity index (χ1v) is 16.6. The van der Waals surface area contributed by atoms with E-state index >= 15 is 0 Å². The zero-order valence-electron chi connectivity index (χ0n) is 26.5. The van der Waals surface area contributed by atoms with Crippen LogP contribution >= 0.6 is 0 Å². The highest BCUT2D eigenvalue weighted by Crippen LogP contribution is 2.44. The maximum atomic E-state index is 2.38. The molecule has 0 bridgehead atoms. The van der Waals surface area contributed by atoms with Crippen LogP contribution in [0.2, 0.25) is 0 Å². The first-order chi connectivity index (χ1) is 23.8. The lowest BCUT2D eigenvalue weighted by Gasteiger charge is -2.18. The fraction of sp³-hybridized carbons (Fsp3) is 0. The molecular weight excluding hydrogens is 577 g/mol. The van der Waals surface area contributed by atoms with Gasteiger partial charge in [-0.15, -0.1) is 0 Å². The summed E-state index contributed by atoms with van der Waals surface area (Å²) in [4.78, 5) is 0. The molecule has 0 aliphatic carbocycles. The molecule has 0 radical (unpaired) electrons. The summed E-state index contributed by atoms with van der Waals surface area (Å²) >= 11 is 0. The average molecular weight is 609 g/mol. The van der Waals surface area contributed by atoms with Crippen LogP contribution in [0.5, 0.6) is 0 Å². The minimum absolute atomic E-state index is 1.22. The Morgan fingerprint density at radius 3 is 1.12 bits per heavy atom. The zero-order valence-corrected chi connectivity index (χ0v) is 26.5. The van der Waals surface area contributed by atoms with Gasteiger partial charge in [0.1, 0.15) is 0 Å². The van der Waals surface area contributed by atoms with Crippen LogP contribution in [0.3, 0.4) is 0 Å². The highest BCUT2D eigenvalue weighted by atomic mass is 14.2. The molecule has 0 nitrogen and oxygen atoms in total. The molecule has 224 valence electrons. The Kier molecular flexibility index (Phi) is 6.91. The quantitative estimate of drug-likeness (QED) is 0.171. The van der Waals surface area contributed by atoms with Gasteiger partial charge in [0.2, 0.25) is 0 Å². The third-order valence-electron chi connectivity index (χ3n) is 9.66. The Balaban J connectivity index is 1.23. The van der Waals surface area contributed by atoms with Crippen molar-refractivity contribution in [3.05, 3.63) is 194 Å². The highest BCUT2D eigenvalue weighted by molar-refractivity contribution is 6.21. The predicted molar refractivity (Wildman–Crippen MR) is 206 cm³/mol. The summed E-state index contributed by atoms with van der Waals surface area (Å²) in [5.41, 5.74) is 12.4. The fourth-order valence-electron chi connectivity index (χ4n) is 7.48. The van der Waals surface area contributed by atoms with Gasteiger partial charge in [0.15, 0.2) is 0 Å². The van der Waals surface area contributed by atoms with Gasteiger partial charge in [0, 0.05) is 0 Å². The van der Waals surface area contributed by atoms with Crippen molar-refractivity contribution in [2.45, 2.75) is 0 Å². The second-order valence-corrected chi connectivity index (χ2v) is 12.4. The third kappa shape index (κ3) is 4.78. The van der Waals surface area contributed by atoms with E-state index in [1.165, 1.54) is 88.0 Å². The first-order valence-electron chi connectivity index (χ1n) is 16.6. The molecule has 0 atom stereocenters. The number of fused-ring (bicyclic) bond motifs is 3. The molecule has 0 heteroatoms. The molecule has 0 saturated carbocycles. The van der Waals surface area contributed by atoms with Crippen LogP contribution in [-0.4, -0.2) is 0 Å². The Labute approximate surface area is 281 Å². The lowest BCUT2D eigenvalue weighted by Crippen LogP contribution is -1.91. The Morgan fingerprint density at radius 2 is 0.583 bits per heavy atom. The zero-order chi connectivity index (χ0) is 31.9. The molecule has 0 spiro atoms. The largest absolute Gasteiger partial charge is 0.0622 e. The third-order valence-corrected chi connectivity index (χ3v) is 9.66. The van der Waals surface area contributed by atoms with Gasteiger partial charge in [-0.2, -0.15) is 0 Å². The van der Waals surface area contributed by atoms with Crippen molar-refractivity contribution >= 4 is 32.3 Å². The van der Waals surface area contributed by atoms with Crippen molar-refractivity contribution in [2.75, 3.05) is 0 Å². The summed E-state index contributed by atoms with van der Waals surface area (Å²) in [6.07, 6.45) is 0. The standard InChI is InChI=1S/C48H32/c1-3-15-34(16-4-1)39-19-7-9-21-41(39)42-22-10-8-20-40(42)36-29-27-33-28-30-37(32-38(33)31-36)48-45-25-13-11-23-43(45)47(35-17-5-2-6-18-35)44-24-12-14-26-46(44)48/h1-32H. The number of benzene rings is 9. The molecule has 9 aromatic rings. The van der Waals surface area contributed by atoms with E-state index in [2.05, 4.69) is 194 Å². The monoisotopic (exact) mass is 608 g/mol. The van der Waals surface area contributed by atoms with Gasteiger partial charge >= 0.3 is 0 Å². The van der Waals surface area contributed by atoms with Crippen LogP contribution in [0.4, 0.5) is 0 Å². The van der Waals surface area contributed by atoms with Crippen molar-refractivity contribution in [1.82, 2.24) is 0 Å². The molecule has 0 aliphatic rings. The number of rotatable bonds is 5. The molecule has 0 unspecified atom stereocenters. The Bertz CT molecular complexity index is 2540. The number of hydrogen-bond acceptors (Lipinski definition) is 0. The molecule has 0 amide bonds. The van der Waals surface area contributed by atoms with Crippen molar-refractivity contribution in [3.8, 4) is 55.6 Å². The van der Waals surface area contributed by atoms with Crippen LogP contribution in [0.15, 0.2) is 194 Å². The van der Waals surface area contributed by atoms with Gasteiger partial charge < -0.3 is 0 Å². The van der Waals surface area contributed by atoms with Crippen molar-refractivity contribution in [2.24, 2.45) is 0 Å². The van der Waals surface area contributed by atoms with Crippen LogP contribution < -0.4 is 0 Å². The van der Waals surface area contributed by atoms with Crippen molar-refractivity contribution in [1.29, 1.82) is 0 Å². The van der Waals surface area contributed by atoms with E-state index in [4.69, 9.17) is 0 Å². The Morgan fingerprint density at radius 1 is 0.208 bits per heavy atom.